The summed E-state index contributed by atoms with van der Waals surface area (Å²) in [5.41, 5.74) is 0.242. The summed E-state index contributed by atoms with van der Waals surface area (Å²) in [6.45, 7) is 5.62. The number of carbonyl (C=O) groups is 2. The minimum absolute atomic E-state index is 0.0878. The SMILES string of the molecule is CCC(C)(C)NC(=O)C(c1ccccn1)N(Cc1ccccc1F)C(=O)c1csnn1. The first-order valence-electron chi connectivity index (χ1n) is 9.87. The number of hydrogen-bond acceptors (Lipinski definition) is 6. The molecule has 1 unspecified atom stereocenters. The van der Waals surface area contributed by atoms with E-state index >= 15 is 0 Å². The Labute approximate surface area is 184 Å². The zero-order valence-corrected chi connectivity index (χ0v) is 18.4. The molecular formula is C22H24FN5O2S. The van der Waals surface area contributed by atoms with Gasteiger partial charge >= 0.3 is 0 Å². The van der Waals surface area contributed by atoms with Gasteiger partial charge in [-0.25, -0.2) is 4.39 Å². The highest BCUT2D eigenvalue weighted by Gasteiger charge is 2.36. The molecule has 162 valence electrons. The first-order valence-corrected chi connectivity index (χ1v) is 10.7. The Balaban J connectivity index is 2.08. The topological polar surface area (TPSA) is 88.1 Å². The number of nitrogens with one attached hydrogen (secondary N) is 1. The predicted molar refractivity (Wildman–Crippen MR) is 116 cm³/mol. The van der Waals surface area contributed by atoms with Crippen LogP contribution >= 0.6 is 11.5 Å². The fraction of sp³-hybridized carbons (Fsp3) is 0.318. The molecule has 7 nitrogen and oxygen atoms in total. The second-order valence-corrected chi connectivity index (χ2v) is 8.31. The molecule has 0 bridgehead atoms. The number of hydrogen-bond donors (Lipinski definition) is 1. The molecule has 2 aromatic heterocycles. The highest BCUT2D eigenvalue weighted by molar-refractivity contribution is 7.03. The van der Waals surface area contributed by atoms with Gasteiger partial charge in [-0.05, 0) is 50.0 Å². The first-order chi connectivity index (χ1) is 14.8. The smallest absolute Gasteiger partial charge is 0.276 e. The summed E-state index contributed by atoms with van der Waals surface area (Å²) >= 11 is 1.03. The summed E-state index contributed by atoms with van der Waals surface area (Å²) in [7, 11) is 0. The molecule has 1 N–H and O–H groups in total. The molecule has 0 aliphatic heterocycles. The van der Waals surface area contributed by atoms with Crippen molar-refractivity contribution >= 4 is 23.3 Å². The molecule has 9 heteroatoms. The molecular weight excluding hydrogens is 417 g/mol. The van der Waals surface area contributed by atoms with Crippen molar-refractivity contribution in [3.63, 3.8) is 0 Å². The molecule has 0 radical (unpaired) electrons. The molecule has 2 amide bonds. The summed E-state index contributed by atoms with van der Waals surface area (Å²) in [6.07, 6.45) is 2.24. The van der Waals surface area contributed by atoms with Crippen molar-refractivity contribution in [1.82, 2.24) is 24.8 Å². The molecule has 1 aromatic carbocycles. The average molecular weight is 442 g/mol. The molecule has 2 heterocycles. The van der Waals surface area contributed by atoms with E-state index in [1.165, 1.54) is 16.3 Å². The maximum atomic E-state index is 14.5. The van der Waals surface area contributed by atoms with E-state index in [4.69, 9.17) is 0 Å². The Bertz CT molecular complexity index is 1030. The van der Waals surface area contributed by atoms with Crippen molar-refractivity contribution in [3.8, 4) is 0 Å². The number of amides is 2. The molecule has 0 fully saturated rings. The summed E-state index contributed by atoms with van der Waals surface area (Å²) < 4.78 is 18.2. The van der Waals surface area contributed by atoms with Gasteiger partial charge in [-0.2, -0.15) is 0 Å². The van der Waals surface area contributed by atoms with E-state index in [2.05, 4.69) is 19.9 Å². The highest BCUT2D eigenvalue weighted by Crippen LogP contribution is 2.26. The minimum atomic E-state index is -1.08. The lowest BCUT2D eigenvalue weighted by Crippen LogP contribution is -2.50. The van der Waals surface area contributed by atoms with Gasteiger partial charge in [0, 0.05) is 22.7 Å². The zero-order valence-electron chi connectivity index (χ0n) is 17.6. The fourth-order valence-electron chi connectivity index (χ4n) is 2.96. The normalized spacial score (nSPS) is 12.3. The largest absolute Gasteiger partial charge is 0.349 e. The van der Waals surface area contributed by atoms with Crippen molar-refractivity contribution in [2.45, 2.75) is 45.3 Å². The van der Waals surface area contributed by atoms with Gasteiger partial charge in [0.2, 0.25) is 5.91 Å². The number of rotatable bonds is 8. The van der Waals surface area contributed by atoms with Crippen LogP contribution in [0.3, 0.4) is 0 Å². The first kappa shape index (κ1) is 22.5. The molecule has 0 saturated heterocycles. The Morgan fingerprint density at radius 2 is 1.94 bits per heavy atom. The Morgan fingerprint density at radius 3 is 2.55 bits per heavy atom. The number of halogens is 1. The van der Waals surface area contributed by atoms with Crippen molar-refractivity contribution < 1.29 is 14.0 Å². The van der Waals surface area contributed by atoms with Crippen LogP contribution in [0.25, 0.3) is 0 Å². The molecule has 1 atom stereocenters. The number of nitrogens with zero attached hydrogens (tertiary/aromatic N) is 4. The summed E-state index contributed by atoms with van der Waals surface area (Å²) in [5.74, 6) is -1.40. The summed E-state index contributed by atoms with van der Waals surface area (Å²) in [4.78, 5) is 32.4. The third-order valence-electron chi connectivity index (χ3n) is 5.01. The van der Waals surface area contributed by atoms with E-state index in [-0.39, 0.29) is 17.8 Å². The lowest BCUT2D eigenvalue weighted by molar-refractivity contribution is -0.128. The second-order valence-electron chi connectivity index (χ2n) is 7.70. The van der Waals surface area contributed by atoms with E-state index in [9.17, 15) is 14.0 Å². The van der Waals surface area contributed by atoms with Crippen LogP contribution in [-0.2, 0) is 11.3 Å². The maximum absolute atomic E-state index is 14.5. The number of aromatic nitrogens is 3. The lowest BCUT2D eigenvalue weighted by atomic mass is 10.00. The fourth-order valence-corrected chi connectivity index (χ4v) is 3.39. The standard InChI is InChI=1S/C22H24FN5O2S/c1-4-22(2,3)25-20(29)19(17-11-7-8-12-24-17)28(21(30)18-14-31-27-26-18)13-15-9-5-6-10-16(15)23/h5-12,14,19H,4,13H2,1-3H3,(H,25,29). The van der Waals surface area contributed by atoms with Gasteiger partial charge in [-0.1, -0.05) is 35.7 Å². The third-order valence-corrected chi connectivity index (χ3v) is 5.52. The van der Waals surface area contributed by atoms with Gasteiger partial charge in [-0.3, -0.25) is 14.6 Å². The van der Waals surface area contributed by atoms with Gasteiger partial charge in [0.1, 0.15) is 5.82 Å². The van der Waals surface area contributed by atoms with Gasteiger partial charge in [0.05, 0.1) is 12.2 Å². The van der Waals surface area contributed by atoms with Crippen LogP contribution < -0.4 is 5.32 Å². The van der Waals surface area contributed by atoms with Crippen molar-refractivity contribution in [2.24, 2.45) is 0 Å². The molecule has 3 aromatic rings. The molecule has 0 aliphatic rings. The monoisotopic (exact) mass is 441 g/mol. The number of benzene rings is 1. The van der Waals surface area contributed by atoms with E-state index < -0.39 is 29.2 Å². The van der Waals surface area contributed by atoms with Gasteiger partial charge in [-0.15, -0.1) is 5.10 Å². The van der Waals surface area contributed by atoms with E-state index in [1.54, 1.807) is 42.6 Å². The van der Waals surface area contributed by atoms with Gasteiger partial charge < -0.3 is 10.2 Å². The van der Waals surface area contributed by atoms with Crippen LogP contribution in [0.15, 0.2) is 54.0 Å². The van der Waals surface area contributed by atoms with Crippen LogP contribution in [-0.4, -0.2) is 36.8 Å². The molecule has 3 rings (SSSR count). The predicted octanol–water partition coefficient (Wildman–Crippen LogP) is 3.76. The van der Waals surface area contributed by atoms with Crippen LogP contribution in [0.4, 0.5) is 4.39 Å². The van der Waals surface area contributed by atoms with E-state index in [0.717, 1.165) is 11.5 Å². The van der Waals surface area contributed by atoms with Crippen molar-refractivity contribution in [3.05, 3.63) is 76.8 Å². The van der Waals surface area contributed by atoms with Gasteiger partial charge in [0.15, 0.2) is 11.7 Å². The average Bonchev–Trinajstić information content (AvgIpc) is 3.29. The zero-order chi connectivity index (χ0) is 22.4. The summed E-state index contributed by atoms with van der Waals surface area (Å²) in [5, 5.41) is 8.34. The second kappa shape index (κ2) is 9.74. The lowest BCUT2D eigenvalue weighted by Gasteiger charge is -2.33. The van der Waals surface area contributed by atoms with Crippen molar-refractivity contribution in [2.75, 3.05) is 0 Å². The highest BCUT2D eigenvalue weighted by atomic mass is 32.1. The van der Waals surface area contributed by atoms with Gasteiger partial charge in [0.25, 0.3) is 5.91 Å². The van der Waals surface area contributed by atoms with E-state index in [1.807, 2.05) is 20.8 Å². The van der Waals surface area contributed by atoms with Crippen molar-refractivity contribution in [1.29, 1.82) is 0 Å². The number of pyridine rings is 1. The molecule has 0 saturated carbocycles. The Hall–Kier alpha value is -3.20. The number of carbonyl (C=O) groups excluding carboxylic acids is 2. The third kappa shape index (κ3) is 5.49. The summed E-state index contributed by atoms with van der Waals surface area (Å²) in [6, 6.07) is 10.2. The molecule has 0 aliphatic carbocycles. The van der Waals surface area contributed by atoms with Crippen LogP contribution in [0, 0.1) is 5.82 Å². The molecule has 31 heavy (non-hydrogen) atoms. The Morgan fingerprint density at radius 1 is 1.19 bits per heavy atom. The van der Waals surface area contributed by atoms with E-state index in [0.29, 0.717) is 12.1 Å². The molecule has 0 spiro atoms. The Kier molecular flexibility index (Phi) is 7.06. The maximum Gasteiger partial charge on any atom is 0.276 e. The van der Waals surface area contributed by atoms with Crippen LogP contribution in [0.5, 0.6) is 0 Å². The van der Waals surface area contributed by atoms with Crippen LogP contribution in [0.2, 0.25) is 0 Å². The quantitative estimate of drug-likeness (QED) is 0.575. The van der Waals surface area contributed by atoms with Crippen LogP contribution in [0.1, 0.15) is 55.0 Å². The minimum Gasteiger partial charge on any atom is -0.349 e.